The smallest absolute Gasteiger partial charge is 0.0543 e. The van der Waals surface area contributed by atoms with Crippen LogP contribution in [0.25, 0.3) is 0 Å². The Morgan fingerprint density at radius 2 is 2.38 bits per heavy atom. The molecule has 0 bridgehead atoms. The van der Waals surface area contributed by atoms with Gasteiger partial charge in [0, 0.05) is 20.8 Å². The third-order valence-corrected chi connectivity index (χ3v) is 5.29. The Hall–Kier alpha value is 0.100. The summed E-state index contributed by atoms with van der Waals surface area (Å²) in [5, 5.41) is 12.9. The number of hydrogen-bond acceptors (Lipinski definition) is 3. The van der Waals surface area contributed by atoms with Crippen molar-refractivity contribution in [1.29, 1.82) is 0 Å². The van der Waals surface area contributed by atoms with Gasteiger partial charge in [0.25, 0.3) is 0 Å². The first-order valence-corrected chi connectivity index (χ1v) is 7.39. The zero-order chi connectivity index (χ0) is 11.5. The molecule has 2 rings (SSSR count). The predicted molar refractivity (Wildman–Crippen MR) is 71.8 cm³/mol. The Bertz CT molecular complexity index is 333. The number of halogens is 1. The van der Waals surface area contributed by atoms with E-state index in [0.29, 0.717) is 5.92 Å². The lowest BCUT2D eigenvalue weighted by atomic mass is 10.1. The number of rotatable bonds is 4. The van der Waals surface area contributed by atoms with Crippen LogP contribution >= 0.6 is 27.3 Å². The van der Waals surface area contributed by atoms with E-state index in [1.807, 2.05) is 11.3 Å². The van der Waals surface area contributed by atoms with Crippen molar-refractivity contribution in [2.24, 2.45) is 5.92 Å². The first kappa shape index (κ1) is 12.6. The minimum atomic E-state index is -0.0510. The summed E-state index contributed by atoms with van der Waals surface area (Å²) in [6.45, 7) is 4.11. The van der Waals surface area contributed by atoms with Crippen molar-refractivity contribution in [3.8, 4) is 0 Å². The molecule has 4 heteroatoms. The molecule has 0 spiro atoms. The SMILES string of the molecule is Cc1sc(CNCC2CCC(O)C2)cc1Br. The quantitative estimate of drug-likeness (QED) is 0.896. The average Bonchev–Trinajstić information content (AvgIpc) is 2.75. The summed E-state index contributed by atoms with van der Waals surface area (Å²) >= 11 is 5.37. The van der Waals surface area contributed by atoms with Gasteiger partial charge in [0.1, 0.15) is 0 Å². The maximum Gasteiger partial charge on any atom is 0.0543 e. The summed E-state index contributed by atoms with van der Waals surface area (Å²) in [5.74, 6) is 0.666. The molecular weight excluding hydrogens is 286 g/mol. The molecule has 90 valence electrons. The molecule has 2 nitrogen and oxygen atoms in total. The molecule has 1 saturated carbocycles. The first-order chi connectivity index (χ1) is 7.65. The number of aryl methyl sites for hydroxylation is 1. The van der Waals surface area contributed by atoms with Crippen molar-refractivity contribution in [2.75, 3.05) is 6.54 Å². The third kappa shape index (κ3) is 3.29. The van der Waals surface area contributed by atoms with Crippen LogP contribution in [-0.4, -0.2) is 17.8 Å². The molecule has 1 aliphatic rings. The van der Waals surface area contributed by atoms with Crippen LogP contribution in [0.1, 0.15) is 29.0 Å². The van der Waals surface area contributed by atoms with Crippen LogP contribution in [0.3, 0.4) is 0 Å². The molecular formula is C12H18BrNOS. The molecule has 2 N–H and O–H groups in total. The van der Waals surface area contributed by atoms with E-state index in [2.05, 4.69) is 34.2 Å². The molecule has 1 fully saturated rings. The lowest BCUT2D eigenvalue weighted by Crippen LogP contribution is -2.20. The zero-order valence-corrected chi connectivity index (χ0v) is 11.9. The Morgan fingerprint density at radius 1 is 1.56 bits per heavy atom. The van der Waals surface area contributed by atoms with Gasteiger partial charge < -0.3 is 10.4 Å². The van der Waals surface area contributed by atoms with Gasteiger partial charge in [0.15, 0.2) is 0 Å². The Balaban J connectivity index is 1.72. The number of aliphatic hydroxyl groups excluding tert-OH is 1. The molecule has 0 aliphatic heterocycles. The number of aliphatic hydroxyl groups is 1. The minimum absolute atomic E-state index is 0.0510. The van der Waals surface area contributed by atoms with Crippen molar-refractivity contribution in [3.05, 3.63) is 20.3 Å². The molecule has 1 aliphatic carbocycles. The first-order valence-electron chi connectivity index (χ1n) is 5.78. The van der Waals surface area contributed by atoms with Gasteiger partial charge >= 0.3 is 0 Å². The maximum absolute atomic E-state index is 9.42. The molecule has 16 heavy (non-hydrogen) atoms. The van der Waals surface area contributed by atoms with Crippen molar-refractivity contribution in [2.45, 2.75) is 38.8 Å². The van der Waals surface area contributed by atoms with Gasteiger partial charge in [-0.05, 0) is 60.6 Å². The summed E-state index contributed by atoms with van der Waals surface area (Å²) < 4.78 is 1.21. The average molecular weight is 304 g/mol. The lowest BCUT2D eigenvalue weighted by molar-refractivity contribution is 0.177. The van der Waals surface area contributed by atoms with Gasteiger partial charge in [0.2, 0.25) is 0 Å². The molecule has 2 unspecified atom stereocenters. The van der Waals surface area contributed by atoms with E-state index in [9.17, 15) is 5.11 Å². The Morgan fingerprint density at radius 3 is 2.94 bits per heavy atom. The highest BCUT2D eigenvalue weighted by molar-refractivity contribution is 9.10. The number of hydrogen-bond donors (Lipinski definition) is 2. The van der Waals surface area contributed by atoms with Crippen LogP contribution in [0.15, 0.2) is 10.5 Å². The van der Waals surface area contributed by atoms with Gasteiger partial charge in [0.05, 0.1) is 6.10 Å². The molecule has 1 heterocycles. The lowest BCUT2D eigenvalue weighted by Gasteiger charge is -2.09. The highest BCUT2D eigenvalue weighted by Gasteiger charge is 2.22. The van der Waals surface area contributed by atoms with E-state index >= 15 is 0 Å². The van der Waals surface area contributed by atoms with Gasteiger partial charge in [-0.1, -0.05) is 0 Å². The highest BCUT2D eigenvalue weighted by atomic mass is 79.9. The van der Waals surface area contributed by atoms with E-state index in [-0.39, 0.29) is 6.10 Å². The fourth-order valence-electron chi connectivity index (χ4n) is 2.24. The second-order valence-corrected chi connectivity index (χ2v) is 6.78. The van der Waals surface area contributed by atoms with E-state index in [1.54, 1.807) is 0 Å². The monoisotopic (exact) mass is 303 g/mol. The second-order valence-electron chi connectivity index (χ2n) is 4.58. The Labute approximate surface area is 109 Å². The fourth-order valence-corrected chi connectivity index (χ4v) is 3.81. The van der Waals surface area contributed by atoms with Crippen LogP contribution in [0.4, 0.5) is 0 Å². The van der Waals surface area contributed by atoms with E-state index < -0.39 is 0 Å². The van der Waals surface area contributed by atoms with Gasteiger partial charge in [-0.15, -0.1) is 11.3 Å². The van der Waals surface area contributed by atoms with Crippen molar-refractivity contribution in [1.82, 2.24) is 5.32 Å². The molecule has 1 aromatic rings. The van der Waals surface area contributed by atoms with Crippen LogP contribution < -0.4 is 5.32 Å². The summed E-state index contributed by atoms with van der Waals surface area (Å²) in [6.07, 6.45) is 3.07. The molecule has 0 amide bonds. The van der Waals surface area contributed by atoms with Crippen molar-refractivity contribution < 1.29 is 5.11 Å². The fraction of sp³-hybridized carbons (Fsp3) is 0.667. The standard InChI is InChI=1S/C12H18BrNOS/c1-8-12(13)5-11(16-8)7-14-6-9-2-3-10(15)4-9/h5,9-10,14-15H,2-4,6-7H2,1H3. The number of thiophene rings is 1. The highest BCUT2D eigenvalue weighted by Crippen LogP contribution is 2.27. The van der Waals surface area contributed by atoms with Gasteiger partial charge in [-0.3, -0.25) is 0 Å². The van der Waals surface area contributed by atoms with Crippen LogP contribution in [0.2, 0.25) is 0 Å². The minimum Gasteiger partial charge on any atom is -0.393 e. The van der Waals surface area contributed by atoms with E-state index in [4.69, 9.17) is 0 Å². The molecule has 0 aromatic carbocycles. The summed E-state index contributed by atoms with van der Waals surface area (Å²) in [5.41, 5.74) is 0. The van der Waals surface area contributed by atoms with Crippen LogP contribution in [0.5, 0.6) is 0 Å². The predicted octanol–water partition coefficient (Wildman–Crippen LogP) is 3.07. The summed E-state index contributed by atoms with van der Waals surface area (Å²) in [4.78, 5) is 2.72. The van der Waals surface area contributed by atoms with Crippen LogP contribution in [0, 0.1) is 12.8 Å². The number of nitrogens with one attached hydrogen (secondary N) is 1. The topological polar surface area (TPSA) is 32.3 Å². The van der Waals surface area contributed by atoms with Crippen molar-refractivity contribution in [3.63, 3.8) is 0 Å². The zero-order valence-electron chi connectivity index (χ0n) is 9.50. The van der Waals surface area contributed by atoms with Gasteiger partial charge in [-0.2, -0.15) is 0 Å². The normalized spacial score (nSPS) is 25.2. The van der Waals surface area contributed by atoms with Crippen LogP contribution in [-0.2, 0) is 6.54 Å². The molecule has 0 saturated heterocycles. The van der Waals surface area contributed by atoms with Crippen molar-refractivity contribution >= 4 is 27.3 Å². The third-order valence-electron chi connectivity index (χ3n) is 3.15. The second kappa shape index (κ2) is 5.63. The van der Waals surface area contributed by atoms with E-state index in [0.717, 1.165) is 25.9 Å². The summed E-state index contributed by atoms with van der Waals surface area (Å²) in [7, 11) is 0. The molecule has 2 atom stereocenters. The van der Waals surface area contributed by atoms with E-state index in [1.165, 1.54) is 20.6 Å². The maximum atomic E-state index is 9.42. The molecule has 1 aromatic heterocycles. The summed E-state index contributed by atoms with van der Waals surface area (Å²) in [6, 6.07) is 2.19. The largest absolute Gasteiger partial charge is 0.393 e. The molecule has 0 radical (unpaired) electrons. The Kier molecular flexibility index (Phi) is 4.41. The van der Waals surface area contributed by atoms with Gasteiger partial charge in [-0.25, -0.2) is 0 Å².